The molecule has 116 valence electrons. The molecule has 0 fully saturated rings. The van der Waals surface area contributed by atoms with Gasteiger partial charge in [-0.05, 0) is 35.7 Å². The van der Waals surface area contributed by atoms with Crippen molar-refractivity contribution in [3.8, 4) is 5.75 Å². The summed E-state index contributed by atoms with van der Waals surface area (Å²) in [5.74, 6) is 0.752. The van der Waals surface area contributed by atoms with Crippen LogP contribution < -0.4 is 0 Å². The summed E-state index contributed by atoms with van der Waals surface area (Å²) in [7, 11) is 0. The summed E-state index contributed by atoms with van der Waals surface area (Å²) in [4.78, 5) is 3.15. The molecule has 0 aromatic heterocycles. The number of nitrogens with zero attached hydrogens (tertiary/aromatic N) is 1. The normalized spacial score (nSPS) is 10.7. The lowest BCUT2D eigenvalue weighted by Gasteiger charge is -2.26. The Morgan fingerprint density at radius 2 is 1.73 bits per heavy atom. The van der Waals surface area contributed by atoms with E-state index in [1.165, 1.54) is 11.8 Å². The molecule has 0 radical (unpaired) electrons. The molecule has 0 saturated heterocycles. The molecule has 0 heterocycles. The smallest absolute Gasteiger partial charge is 0.161 e. The molecular weight excluding hydrogens is 292 g/mol. The van der Waals surface area contributed by atoms with Crippen LogP contribution in [-0.2, 0) is 6.54 Å². The predicted molar refractivity (Wildman–Crippen MR) is 93.4 cm³/mol. The average Bonchev–Trinajstić information content (AvgIpc) is 2.49. The van der Waals surface area contributed by atoms with Crippen molar-refractivity contribution in [2.24, 2.45) is 5.92 Å². The topological polar surface area (TPSA) is 47.3 Å². The van der Waals surface area contributed by atoms with E-state index in [1.54, 1.807) is 12.1 Å². The highest BCUT2D eigenvalue weighted by Gasteiger charge is 2.13. The van der Waals surface area contributed by atoms with Gasteiger partial charge in [0.2, 0.25) is 0 Å². The first-order valence-corrected chi connectivity index (χ1v) is 8.20. The van der Waals surface area contributed by atoms with Crippen molar-refractivity contribution in [2.45, 2.75) is 25.3 Å². The number of nitrogens with one attached hydrogen (secondary N) is 1. The molecule has 0 unspecified atom stereocenters. The largest absolute Gasteiger partial charge is 0.508 e. The Morgan fingerprint density at radius 1 is 1.09 bits per heavy atom. The zero-order valence-corrected chi connectivity index (χ0v) is 13.8. The van der Waals surface area contributed by atoms with Gasteiger partial charge in [-0.2, -0.15) is 0 Å². The van der Waals surface area contributed by atoms with Gasteiger partial charge in [-0.15, -0.1) is 0 Å². The van der Waals surface area contributed by atoms with E-state index in [0.717, 1.165) is 17.0 Å². The molecule has 3 nitrogen and oxygen atoms in total. The van der Waals surface area contributed by atoms with Gasteiger partial charge in [0.1, 0.15) is 5.75 Å². The van der Waals surface area contributed by atoms with Crippen molar-refractivity contribution in [3.05, 3.63) is 60.2 Å². The Hall–Kier alpha value is -1.94. The molecule has 0 saturated carbocycles. The van der Waals surface area contributed by atoms with E-state index in [0.29, 0.717) is 17.6 Å². The summed E-state index contributed by atoms with van der Waals surface area (Å²) < 4.78 is 0. The highest BCUT2D eigenvalue weighted by molar-refractivity contribution is 8.13. The minimum absolute atomic E-state index is 0.271. The van der Waals surface area contributed by atoms with Gasteiger partial charge in [0.05, 0.1) is 0 Å². The van der Waals surface area contributed by atoms with Crippen LogP contribution in [0.25, 0.3) is 0 Å². The van der Waals surface area contributed by atoms with Crippen LogP contribution in [0, 0.1) is 11.3 Å². The zero-order chi connectivity index (χ0) is 15.9. The molecule has 2 rings (SSSR count). The number of amidine groups is 1. The molecule has 0 bridgehead atoms. The summed E-state index contributed by atoms with van der Waals surface area (Å²) >= 11 is 1.48. The predicted octanol–water partition coefficient (Wildman–Crippen LogP) is 4.58. The molecule has 2 aromatic carbocycles. The fraction of sp³-hybridized carbons (Fsp3) is 0.278. The third-order valence-electron chi connectivity index (χ3n) is 3.14. The lowest BCUT2D eigenvalue weighted by atomic mass is 10.1. The van der Waals surface area contributed by atoms with Crippen molar-refractivity contribution in [3.63, 3.8) is 0 Å². The van der Waals surface area contributed by atoms with E-state index >= 15 is 0 Å². The van der Waals surface area contributed by atoms with Crippen LogP contribution >= 0.6 is 11.8 Å². The van der Waals surface area contributed by atoms with Crippen LogP contribution in [-0.4, -0.2) is 21.7 Å². The van der Waals surface area contributed by atoms with E-state index in [4.69, 9.17) is 5.41 Å². The van der Waals surface area contributed by atoms with E-state index in [1.807, 2.05) is 42.5 Å². The Kier molecular flexibility index (Phi) is 5.90. The van der Waals surface area contributed by atoms with Crippen molar-refractivity contribution < 1.29 is 5.11 Å². The van der Waals surface area contributed by atoms with Crippen LogP contribution in [0.2, 0.25) is 0 Å². The molecule has 0 spiro atoms. The van der Waals surface area contributed by atoms with Gasteiger partial charge in [0, 0.05) is 18.0 Å². The van der Waals surface area contributed by atoms with E-state index in [-0.39, 0.29) is 5.75 Å². The third kappa shape index (κ3) is 5.11. The molecule has 0 atom stereocenters. The maximum Gasteiger partial charge on any atom is 0.161 e. The highest BCUT2D eigenvalue weighted by atomic mass is 32.2. The third-order valence-corrected chi connectivity index (χ3v) is 4.10. The van der Waals surface area contributed by atoms with Crippen LogP contribution in [0.15, 0.2) is 59.5 Å². The van der Waals surface area contributed by atoms with Gasteiger partial charge in [-0.25, -0.2) is 0 Å². The quantitative estimate of drug-likeness (QED) is 0.482. The maximum atomic E-state index is 9.38. The molecule has 0 aliphatic heterocycles. The monoisotopic (exact) mass is 314 g/mol. The van der Waals surface area contributed by atoms with Crippen LogP contribution in [0.4, 0.5) is 0 Å². The Morgan fingerprint density at radius 3 is 2.32 bits per heavy atom. The second-order valence-electron chi connectivity index (χ2n) is 5.66. The molecule has 2 aromatic rings. The maximum absolute atomic E-state index is 9.38. The fourth-order valence-corrected chi connectivity index (χ4v) is 2.93. The van der Waals surface area contributed by atoms with E-state index in [2.05, 4.69) is 18.7 Å². The number of thioether (sulfide) groups is 1. The van der Waals surface area contributed by atoms with E-state index < -0.39 is 0 Å². The molecule has 2 N–H and O–H groups in total. The van der Waals surface area contributed by atoms with Gasteiger partial charge in [0.25, 0.3) is 0 Å². The molecular formula is C18H22N2OS. The first kappa shape index (κ1) is 16.4. The molecule has 0 aliphatic rings. The van der Waals surface area contributed by atoms with Gasteiger partial charge in [0.15, 0.2) is 5.17 Å². The highest BCUT2D eigenvalue weighted by Crippen LogP contribution is 2.22. The van der Waals surface area contributed by atoms with Crippen LogP contribution in [0.5, 0.6) is 5.75 Å². The number of hydrogen-bond donors (Lipinski definition) is 2. The zero-order valence-electron chi connectivity index (χ0n) is 13.0. The van der Waals surface area contributed by atoms with Crippen molar-refractivity contribution >= 4 is 16.9 Å². The van der Waals surface area contributed by atoms with Crippen molar-refractivity contribution in [1.29, 1.82) is 5.41 Å². The summed E-state index contributed by atoms with van der Waals surface area (Å²) in [5, 5.41) is 18.3. The minimum Gasteiger partial charge on any atom is -0.508 e. The minimum atomic E-state index is 0.271. The number of hydrogen-bond acceptors (Lipinski definition) is 3. The van der Waals surface area contributed by atoms with Crippen molar-refractivity contribution in [1.82, 2.24) is 4.90 Å². The molecule has 0 amide bonds. The second-order valence-corrected chi connectivity index (χ2v) is 6.72. The number of phenols is 1. The standard InChI is InChI=1S/C18H22N2OS/c1-14(2)12-20(13-15-8-10-16(21)11-9-15)18(19)22-17-6-4-3-5-7-17/h3-11,14,19,21H,12-13H2,1-2H3. The Bertz CT molecular complexity index is 596. The molecule has 4 heteroatoms. The number of phenolic OH excluding ortho intramolecular Hbond substituents is 1. The number of aromatic hydroxyl groups is 1. The van der Waals surface area contributed by atoms with Gasteiger partial charge < -0.3 is 10.0 Å². The van der Waals surface area contributed by atoms with Gasteiger partial charge >= 0.3 is 0 Å². The Balaban J connectivity index is 2.07. The van der Waals surface area contributed by atoms with Gasteiger partial charge in [-0.3, -0.25) is 5.41 Å². The first-order valence-electron chi connectivity index (χ1n) is 7.39. The lowest BCUT2D eigenvalue weighted by Crippen LogP contribution is -2.31. The summed E-state index contributed by atoms with van der Waals surface area (Å²) in [6, 6.07) is 17.2. The molecule has 0 aliphatic carbocycles. The Labute approximate surface area is 136 Å². The van der Waals surface area contributed by atoms with Crippen LogP contribution in [0.3, 0.4) is 0 Å². The average molecular weight is 314 g/mol. The van der Waals surface area contributed by atoms with Crippen LogP contribution in [0.1, 0.15) is 19.4 Å². The summed E-state index contributed by atoms with van der Waals surface area (Å²) in [6.07, 6.45) is 0. The van der Waals surface area contributed by atoms with Crippen molar-refractivity contribution in [2.75, 3.05) is 6.54 Å². The lowest BCUT2D eigenvalue weighted by molar-refractivity contribution is 0.364. The van der Waals surface area contributed by atoms with Gasteiger partial charge in [-0.1, -0.05) is 55.9 Å². The first-order chi connectivity index (χ1) is 10.5. The van der Waals surface area contributed by atoms with E-state index in [9.17, 15) is 5.11 Å². The summed E-state index contributed by atoms with van der Waals surface area (Å²) in [6.45, 7) is 5.82. The number of benzene rings is 2. The summed E-state index contributed by atoms with van der Waals surface area (Å²) in [5.41, 5.74) is 1.09. The second kappa shape index (κ2) is 7.90. The fourth-order valence-electron chi connectivity index (χ4n) is 2.15. The molecule has 22 heavy (non-hydrogen) atoms. The number of rotatable bonds is 5. The SMILES string of the molecule is CC(C)CN(Cc1ccc(O)cc1)C(=N)Sc1ccccc1.